The summed E-state index contributed by atoms with van der Waals surface area (Å²) in [5.74, 6) is -0.408. The summed E-state index contributed by atoms with van der Waals surface area (Å²) in [5.41, 5.74) is 1.12. The van der Waals surface area contributed by atoms with Gasteiger partial charge in [0.05, 0.1) is 6.04 Å². The van der Waals surface area contributed by atoms with Gasteiger partial charge in [0.2, 0.25) is 0 Å². The summed E-state index contributed by atoms with van der Waals surface area (Å²) in [6.45, 7) is 1.92. The topological polar surface area (TPSA) is 46.6 Å². The number of carbonyl (C=O) groups excluding carboxylic acids is 2. The maximum Gasteiger partial charge on any atom is 0.344 e. The van der Waals surface area contributed by atoms with E-state index in [0.717, 1.165) is 31.2 Å². The number of cyclic esters (lactones) is 1. The average Bonchev–Trinajstić information content (AvgIpc) is 2.70. The van der Waals surface area contributed by atoms with E-state index in [-0.39, 0.29) is 17.5 Å². The normalized spacial score (nSPS) is 27.9. The van der Waals surface area contributed by atoms with Gasteiger partial charge in [-0.25, -0.2) is 4.79 Å². The van der Waals surface area contributed by atoms with Crippen molar-refractivity contribution >= 4 is 11.9 Å². The minimum atomic E-state index is -0.490. The van der Waals surface area contributed by atoms with Crippen molar-refractivity contribution < 1.29 is 14.3 Å². The molecule has 2 atom stereocenters. The molecule has 1 aliphatic carbocycles. The molecule has 1 amide bonds. The zero-order valence-electron chi connectivity index (χ0n) is 14.4. The molecule has 24 heavy (non-hydrogen) atoms. The highest BCUT2D eigenvalue weighted by Gasteiger charge is 2.38. The smallest absolute Gasteiger partial charge is 0.344 e. The summed E-state index contributed by atoms with van der Waals surface area (Å²) in [6.07, 6.45) is 7.08. The molecule has 4 heteroatoms. The van der Waals surface area contributed by atoms with Gasteiger partial charge in [0.1, 0.15) is 11.7 Å². The van der Waals surface area contributed by atoms with E-state index in [9.17, 15) is 9.59 Å². The van der Waals surface area contributed by atoms with Crippen molar-refractivity contribution in [2.45, 2.75) is 51.2 Å². The number of nitrogens with zero attached hydrogens (tertiary/aromatic N) is 1. The second kappa shape index (κ2) is 7.20. The predicted octanol–water partition coefficient (Wildman–Crippen LogP) is 3.64. The molecule has 1 aliphatic heterocycles. The number of likely N-dealkylation sites (N-methyl/N-ethyl adjacent to an activating group) is 1. The molecular formula is C20H25NO3. The molecule has 0 bridgehead atoms. The molecule has 2 fully saturated rings. The molecule has 128 valence electrons. The Morgan fingerprint density at radius 2 is 1.75 bits per heavy atom. The van der Waals surface area contributed by atoms with E-state index >= 15 is 0 Å². The molecule has 4 nitrogen and oxygen atoms in total. The first-order chi connectivity index (χ1) is 11.6. The summed E-state index contributed by atoms with van der Waals surface area (Å²) >= 11 is 0. The molecule has 2 aliphatic rings. The maximum atomic E-state index is 12.8. The summed E-state index contributed by atoms with van der Waals surface area (Å²) in [6, 6.07) is 9.42. The standard InChI is InChI=1S/C20H25NO3/c1-14-18(16-11-7-4-8-12-16)24-20(23)17(19(22)21(14)2)13-15-9-5-3-6-10-15/h4,7-8,11-15,18H,3,5-6,9-10H2,1-2H3/b17-13-/t14-,18+/m0/s1. The van der Waals surface area contributed by atoms with E-state index in [1.165, 1.54) is 6.42 Å². The van der Waals surface area contributed by atoms with Crippen LogP contribution in [0, 0.1) is 5.92 Å². The molecule has 0 N–H and O–H groups in total. The quantitative estimate of drug-likeness (QED) is 0.473. The third-order valence-electron chi connectivity index (χ3n) is 5.23. The third-order valence-corrected chi connectivity index (χ3v) is 5.23. The maximum absolute atomic E-state index is 12.8. The fraction of sp³-hybridized carbons (Fsp3) is 0.500. The Balaban J connectivity index is 1.90. The van der Waals surface area contributed by atoms with Crippen LogP contribution in [0.1, 0.15) is 50.7 Å². The van der Waals surface area contributed by atoms with Crippen LogP contribution in [0.4, 0.5) is 0 Å². The number of carbonyl (C=O) groups is 2. The Hall–Kier alpha value is -2.10. The number of hydrogen-bond acceptors (Lipinski definition) is 3. The van der Waals surface area contributed by atoms with Gasteiger partial charge in [0.25, 0.3) is 5.91 Å². The summed E-state index contributed by atoms with van der Waals surface area (Å²) in [5, 5.41) is 0. The second-order valence-corrected chi connectivity index (χ2v) is 6.87. The number of hydrogen-bond donors (Lipinski definition) is 0. The zero-order chi connectivity index (χ0) is 17.1. The lowest BCUT2D eigenvalue weighted by Crippen LogP contribution is -2.37. The van der Waals surface area contributed by atoms with Crippen LogP contribution in [0.2, 0.25) is 0 Å². The van der Waals surface area contributed by atoms with E-state index in [0.29, 0.717) is 5.92 Å². The Bertz CT molecular complexity index is 632. The van der Waals surface area contributed by atoms with E-state index in [1.807, 2.05) is 43.3 Å². The Morgan fingerprint density at radius 1 is 1.08 bits per heavy atom. The van der Waals surface area contributed by atoms with Gasteiger partial charge in [-0.2, -0.15) is 0 Å². The van der Waals surface area contributed by atoms with Gasteiger partial charge >= 0.3 is 5.97 Å². The molecule has 0 unspecified atom stereocenters. The van der Waals surface area contributed by atoms with Gasteiger partial charge in [-0.05, 0) is 31.2 Å². The zero-order valence-corrected chi connectivity index (χ0v) is 14.4. The molecule has 1 saturated heterocycles. The van der Waals surface area contributed by atoms with E-state index in [4.69, 9.17) is 4.74 Å². The van der Waals surface area contributed by atoms with E-state index in [1.54, 1.807) is 11.9 Å². The minimum Gasteiger partial charge on any atom is -0.452 e. The van der Waals surface area contributed by atoms with Gasteiger partial charge < -0.3 is 9.64 Å². The Kier molecular flexibility index (Phi) is 5.03. The predicted molar refractivity (Wildman–Crippen MR) is 92.2 cm³/mol. The lowest BCUT2D eigenvalue weighted by molar-refractivity contribution is -0.145. The van der Waals surface area contributed by atoms with Crippen molar-refractivity contribution in [3.05, 3.63) is 47.5 Å². The van der Waals surface area contributed by atoms with Gasteiger partial charge in [-0.3, -0.25) is 4.79 Å². The highest BCUT2D eigenvalue weighted by Crippen LogP contribution is 2.32. The summed E-state index contributed by atoms with van der Waals surface area (Å²) in [7, 11) is 1.75. The van der Waals surface area contributed by atoms with E-state index < -0.39 is 12.1 Å². The number of amides is 1. The van der Waals surface area contributed by atoms with Crippen LogP contribution in [0.5, 0.6) is 0 Å². The van der Waals surface area contributed by atoms with Crippen molar-refractivity contribution in [1.29, 1.82) is 0 Å². The average molecular weight is 327 g/mol. The van der Waals surface area contributed by atoms with E-state index in [2.05, 4.69) is 0 Å². The Morgan fingerprint density at radius 3 is 2.42 bits per heavy atom. The summed E-state index contributed by atoms with van der Waals surface area (Å²) < 4.78 is 5.73. The molecule has 1 saturated carbocycles. The number of ether oxygens (including phenoxy) is 1. The molecule has 0 aromatic heterocycles. The van der Waals surface area contributed by atoms with Crippen LogP contribution in [0.15, 0.2) is 42.0 Å². The third kappa shape index (κ3) is 3.37. The molecule has 1 heterocycles. The first-order valence-corrected chi connectivity index (χ1v) is 8.83. The lowest BCUT2D eigenvalue weighted by Gasteiger charge is -2.28. The van der Waals surface area contributed by atoms with Crippen molar-refractivity contribution in [2.75, 3.05) is 7.05 Å². The van der Waals surface area contributed by atoms with Crippen LogP contribution in [-0.2, 0) is 14.3 Å². The van der Waals surface area contributed by atoms with Crippen molar-refractivity contribution in [3.8, 4) is 0 Å². The first kappa shape index (κ1) is 16.7. The fourth-order valence-electron chi connectivity index (χ4n) is 3.61. The second-order valence-electron chi connectivity index (χ2n) is 6.87. The molecule has 0 radical (unpaired) electrons. The largest absolute Gasteiger partial charge is 0.452 e. The monoisotopic (exact) mass is 327 g/mol. The number of rotatable bonds is 2. The number of benzene rings is 1. The summed E-state index contributed by atoms with van der Waals surface area (Å²) in [4.78, 5) is 27.0. The van der Waals surface area contributed by atoms with Gasteiger partial charge in [-0.15, -0.1) is 0 Å². The Labute approximate surface area is 143 Å². The van der Waals surface area contributed by atoms with Gasteiger partial charge in [0.15, 0.2) is 0 Å². The molecule has 3 rings (SSSR count). The SMILES string of the molecule is C[C@H]1[C@H](c2ccccc2)OC(=O)/C(=C\C2CCCCC2)C(=O)N1C. The minimum absolute atomic E-state index is 0.203. The lowest BCUT2D eigenvalue weighted by atomic mass is 9.87. The molecule has 1 aromatic rings. The van der Waals surface area contributed by atoms with Crippen LogP contribution >= 0.6 is 0 Å². The van der Waals surface area contributed by atoms with Crippen molar-refractivity contribution in [3.63, 3.8) is 0 Å². The van der Waals surface area contributed by atoms with Crippen LogP contribution < -0.4 is 0 Å². The number of esters is 1. The van der Waals surface area contributed by atoms with Crippen LogP contribution in [0.25, 0.3) is 0 Å². The number of allylic oxidation sites excluding steroid dienone is 1. The molecular weight excluding hydrogens is 302 g/mol. The van der Waals surface area contributed by atoms with Crippen molar-refractivity contribution in [2.24, 2.45) is 5.92 Å². The van der Waals surface area contributed by atoms with Crippen LogP contribution in [0.3, 0.4) is 0 Å². The van der Waals surface area contributed by atoms with Gasteiger partial charge in [0, 0.05) is 7.05 Å². The molecule has 0 spiro atoms. The highest BCUT2D eigenvalue weighted by atomic mass is 16.5. The first-order valence-electron chi connectivity index (χ1n) is 8.83. The van der Waals surface area contributed by atoms with Crippen LogP contribution in [-0.4, -0.2) is 29.9 Å². The fourth-order valence-corrected chi connectivity index (χ4v) is 3.61. The van der Waals surface area contributed by atoms with Gasteiger partial charge in [-0.1, -0.05) is 55.7 Å². The molecule has 1 aromatic carbocycles. The highest BCUT2D eigenvalue weighted by molar-refractivity contribution is 6.16. The van der Waals surface area contributed by atoms with Crippen molar-refractivity contribution in [1.82, 2.24) is 4.90 Å².